The van der Waals surface area contributed by atoms with Gasteiger partial charge in [-0.1, -0.05) is 30.3 Å². The number of rotatable bonds is 6. The van der Waals surface area contributed by atoms with E-state index in [1.807, 2.05) is 35.2 Å². The summed E-state index contributed by atoms with van der Waals surface area (Å²) in [4.78, 5) is 40.2. The van der Waals surface area contributed by atoms with E-state index in [9.17, 15) is 14.4 Å². The molecule has 5 heteroatoms. The van der Waals surface area contributed by atoms with Crippen LogP contribution in [-0.2, 0) is 9.59 Å². The Balaban J connectivity index is 1.07. The SMILES string of the molecule is O=C(c1ccccc1)C1CCN(C(=O)CCNC(=O)C23CC4CC(CC(C4)C2)C3)CC1. The Labute approximate surface area is 185 Å². The molecule has 5 nitrogen and oxygen atoms in total. The van der Waals surface area contributed by atoms with Crippen molar-refractivity contribution in [2.75, 3.05) is 19.6 Å². The van der Waals surface area contributed by atoms with E-state index in [0.29, 0.717) is 26.1 Å². The third-order valence-electron chi connectivity index (χ3n) is 8.42. The maximum Gasteiger partial charge on any atom is 0.226 e. The number of Topliss-reactive ketones (excluding diaryl/α,β-unsaturated/α-hetero) is 1. The highest BCUT2D eigenvalue weighted by Gasteiger charge is 2.54. The first-order chi connectivity index (χ1) is 15.0. The molecule has 5 aliphatic rings. The number of piperidine rings is 1. The monoisotopic (exact) mass is 422 g/mol. The maximum atomic E-state index is 13.0. The molecule has 6 rings (SSSR count). The minimum Gasteiger partial charge on any atom is -0.355 e. The van der Waals surface area contributed by atoms with Crippen LogP contribution in [0.15, 0.2) is 30.3 Å². The van der Waals surface area contributed by atoms with Crippen LogP contribution in [0, 0.1) is 29.1 Å². The molecule has 0 aromatic heterocycles. The Bertz CT molecular complexity index is 806. The molecule has 1 saturated heterocycles. The van der Waals surface area contributed by atoms with Crippen molar-refractivity contribution in [1.29, 1.82) is 0 Å². The summed E-state index contributed by atoms with van der Waals surface area (Å²) in [6.45, 7) is 1.69. The van der Waals surface area contributed by atoms with Crippen molar-refractivity contribution >= 4 is 17.6 Å². The molecule has 0 atom stereocenters. The summed E-state index contributed by atoms with van der Waals surface area (Å²) in [6, 6.07) is 9.44. The van der Waals surface area contributed by atoms with E-state index in [0.717, 1.165) is 55.4 Å². The predicted octanol–water partition coefficient (Wildman–Crippen LogP) is 3.83. The highest BCUT2D eigenvalue weighted by Crippen LogP contribution is 2.60. The van der Waals surface area contributed by atoms with Gasteiger partial charge in [0.2, 0.25) is 11.8 Å². The van der Waals surface area contributed by atoms with Crippen molar-refractivity contribution in [3.8, 4) is 0 Å². The Hall–Kier alpha value is -2.17. The average molecular weight is 423 g/mol. The van der Waals surface area contributed by atoms with Gasteiger partial charge in [-0.05, 0) is 69.1 Å². The first-order valence-electron chi connectivity index (χ1n) is 12.2. The van der Waals surface area contributed by atoms with Crippen LogP contribution in [0.1, 0.15) is 68.1 Å². The van der Waals surface area contributed by atoms with Crippen LogP contribution < -0.4 is 5.32 Å². The van der Waals surface area contributed by atoms with Crippen LogP contribution in [0.3, 0.4) is 0 Å². The van der Waals surface area contributed by atoms with Gasteiger partial charge in [0.05, 0.1) is 0 Å². The number of hydrogen-bond donors (Lipinski definition) is 1. The number of carbonyl (C=O) groups excluding carboxylic acids is 3. The molecule has 4 aliphatic carbocycles. The molecule has 1 N–H and O–H groups in total. The van der Waals surface area contributed by atoms with E-state index < -0.39 is 0 Å². The van der Waals surface area contributed by atoms with Crippen molar-refractivity contribution in [2.24, 2.45) is 29.1 Å². The molecule has 0 spiro atoms. The predicted molar refractivity (Wildman–Crippen MR) is 118 cm³/mol. The molecule has 4 saturated carbocycles. The topological polar surface area (TPSA) is 66.5 Å². The normalized spacial score (nSPS) is 32.1. The highest BCUT2D eigenvalue weighted by atomic mass is 16.2. The van der Waals surface area contributed by atoms with Gasteiger partial charge < -0.3 is 10.2 Å². The number of ketones is 1. The molecule has 1 heterocycles. The van der Waals surface area contributed by atoms with Crippen molar-refractivity contribution in [1.82, 2.24) is 10.2 Å². The summed E-state index contributed by atoms with van der Waals surface area (Å²) in [5.74, 6) is 2.73. The van der Waals surface area contributed by atoms with Gasteiger partial charge in [0.15, 0.2) is 5.78 Å². The number of nitrogens with one attached hydrogen (secondary N) is 1. The molecule has 31 heavy (non-hydrogen) atoms. The van der Waals surface area contributed by atoms with Gasteiger partial charge >= 0.3 is 0 Å². The average Bonchev–Trinajstić information content (AvgIpc) is 2.78. The van der Waals surface area contributed by atoms with Crippen molar-refractivity contribution in [3.63, 3.8) is 0 Å². The minimum absolute atomic E-state index is 0.00207. The zero-order valence-corrected chi connectivity index (χ0v) is 18.4. The van der Waals surface area contributed by atoms with Gasteiger partial charge in [-0.2, -0.15) is 0 Å². The van der Waals surface area contributed by atoms with Gasteiger partial charge in [0.25, 0.3) is 0 Å². The molecule has 4 bridgehead atoms. The summed E-state index contributed by atoms with van der Waals surface area (Å²) in [6.07, 6.45) is 8.95. The van der Waals surface area contributed by atoms with Gasteiger partial charge in [-0.15, -0.1) is 0 Å². The number of likely N-dealkylation sites (tertiary alicyclic amines) is 1. The summed E-state index contributed by atoms with van der Waals surface area (Å²) < 4.78 is 0. The number of hydrogen-bond acceptors (Lipinski definition) is 3. The van der Waals surface area contributed by atoms with E-state index in [2.05, 4.69) is 5.32 Å². The van der Waals surface area contributed by atoms with E-state index in [-0.39, 0.29) is 28.9 Å². The minimum atomic E-state index is -0.145. The fourth-order valence-corrected chi connectivity index (χ4v) is 7.25. The molecule has 5 fully saturated rings. The second-order valence-corrected chi connectivity index (χ2v) is 10.6. The number of amides is 2. The lowest BCUT2D eigenvalue weighted by atomic mass is 9.49. The smallest absolute Gasteiger partial charge is 0.226 e. The second kappa shape index (κ2) is 8.40. The van der Waals surface area contributed by atoms with Gasteiger partial charge in [-0.3, -0.25) is 14.4 Å². The van der Waals surface area contributed by atoms with Crippen LogP contribution in [-0.4, -0.2) is 42.1 Å². The lowest BCUT2D eigenvalue weighted by Gasteiger charge is -2.55. The molecule has 166 valence electrons. The zero-order chi connectivity index (χ0) is 21.4. The Morgan fingerprint density at radius 1 is 0.903 bits per heavy atom. The molecule has 0 radical (unpaired) electrons. The highest BCUT2D eigenvalue weighted by molar-refractivity contribution is 5.98. The van der Waals surface area contributed by atoms with Crippen LogP contribution in [0.2, 0.25) is 0 Å². The lowest BCUT2D eigenvalue weighted by Crippen LogP contribution is -2.54. The Kier molecular flexibility index (Phi) is 5.61. The third-order valence-corrected chi connectivity index (χ3v) is 8.42. The van der Waals surface area contributed by atoms with Gasteiger partial charge in [0.1, 0.15) is 0 Å². The van der Waals surface area contributed by atoms with Gasteiger partial charge in [-0.25, -0.2) is 0 Å². The Morgan fingerprint density at radius 3 is 2.06 bits per heavy atom. The quantitative estimate of drug-likeness (QED) is 0.709. The van der Waals surface area contributed by atoms with Crippen LogP contribution in [0.4, 0.5) is 0 Å². The number of carbonyl (C=O) groups is 3. The summed E-state index contributed by atoms with van der Waals surface area (Å²) in [5, 5.41) is 3.12. The zero-order valence-electron chi connectivity index (χ0n) is 18.4. The summed E-state index contributed by atoms with van der Waals surface area (Å²) in [7, 11) is 0. The first-order valence-corrected chi connectivity index (χ1v) is 12.2. The summed E-state index contributed by atoms with van der Waals surface area (Å²) >= 11 is 0. The van der Waals surface area contributed by atoms with Crippen LogP contribution in [0.25, 0.3) is 0 Å². The van der Waals surface area contributed by atoms with Crippen LogP contribution >= 0.6 is 0 Å². The fraction of sp³-hybridized carbons (Fsp3) is 0.654. The largest absolute Gasteiger partial charge is 0.355 e. The fourth-order valence-electron chi connectivity index (χ4n) is 7.25. The molecule has 1 aromatic carbocycles. The lowest BCUT2D eigenvalue weighted by molar-refractivity contribution is -0.146. The third kappa shape index (κ3) is 4.16. The van der Waals surface area contributed by atoms with E-state index in [1.54, 1.807) is 0 Å². The van der Waals surface area contributed by atoms with E-state index in [1.165, 1.54) is 19.3 Å². The molecule has 0 unspecified atom stereocenters. The number of benzene rings is 1. The van der Waals surface area contributed by atoms with E-state index in [4.69, 9.17) is 0 Å². The first kappa shape index (κ1) is 20.7. The summed E-state index contributed by atoms with van der Waals surface area (Å²) in [5.41, 5.74) is 0.619. The molecular formula is C26H34N2O3. The second-order valence-electron chi connectivity index (χ2n) is 10.6. The van der Waals surface area contributed by atoms with E-state index >= 15 is 0 Å². The molecule has 1 aliphatic heterocycles. The molecule has 1 aromatic rings. The van der Waals surface area contributed by atoms with Crippen molar-refractivity contribution in [3.05, 3.63) is 35.9 Å². The molecule has 2 amide bonds. The van der Waals surface area contributed by atoms with Gasteiger partial charge in [0, 0.05) is 43.0 Å². The maximum absolute atomic E-state index is 13.0. The van der Waals surface area contributed by atoms with Crippen molar-refractivity contribution < 1.29 is 14.4 Å². The molecular weight excluding hydrogens is 388 g/mol. The number of nitrogens with zero attached hydrogens (tertiary/aromatic N) is 1. The van der Waals surface area contributed by atoms with Crippen molar-refractivity contribution in [2.45, 2.75) is 57.8 Å². The standard InChI is InChI=1S/C26H34N2O3/c29-23(28-10-7-22(8-11-28)24(30)21-4-2-1-3-5-21)6-9-27-25(31)26-15-18-12-19(16-26)14-20(13-18)17-26/h1-5,18-20,22H,6-17H2,(H,27,31). The Morgan fingerprint density at radius 2 is 1.48 bits per heavy atom. The van der Waals surface area contributed by atoms with Crippen LogP contribution in [0.5, 0.6) is 0 Å².